The van der Waals surface area contributed by atoms with E-state index >= 15 is 0 Å². The highest BCUT2D eigenvalue weighted by Gasteiger charge is 2.23. The molecule has 3 heterocycles. The SMILES string of the molecule is CCCC1CCN(Cc2c(C)nn3cc(O)cnc23)C1. The average molecular weight is 274 g/mol. The molecule has 0 saturated carbocycles. The third-order valence-corrected chi connectivity index (χ3v) is 4.20. The molecule has 1 atom stereocenters. The van der Waals surface area contributed by atoms with E-state index in [4.69, 9.17) is 0 Å². The van der Waals surface area contributed by atoms with Crippen molar-refractivity contribution in [2.24, 2.45) is 5.92 Å². The molecule has 1 saturated heterocycles. The lowest BCUT2D eigenvalue weighted by Gasteiger charge is -2.15. The van der Waals surface area contributed by atoms with Gasteiger partial charge in [0.25, 0.3) is 0 Å². The van der Waals surface area contributed by atoms with Gasteiger partial charge in [-0.15, -0.1) is 0 Å². The van der Waals surface area contributed by atoms with Crippen LogP contribution in [-0.4, -0.2) is 37.7 Å². The Balaban J connectivity index is 1.79. The van der Waals surface area contributed by atoms with Crippen molar-refractivity contribution in [3.8, 4) is 5.75 Å². The van der Waals surface area contributed by atoms with E-state index in [0.29, 0.717) is 0 Å². The Labute approximate surface area is 119 Å². The predicted octanol–water partition coefficient (Wildman–Crippen LogP) is 2.37. The van der Waals surface area contributed by atoms with Crippen molar-refractivity contribution in [3.05, 3.63) is 23.7 Å². The highest BCUT2D eigenvalue weighted by Crippen LogP contribution is 2.24. The second kappa shape index (κ2) is 5.40. The Hall–Kier alpha value is -1.62. The molecular weight excluding hydrogens is 252 g/mol. The lowest BCUT2D eigenvalue weighted by atomic mass is 10.0. The quantitative estimate of drug-likeness (QED) is 0.930. The number of aromatic nitrogens is 3. The largest absolute Gasteiger partial charge is 0.505 e. The summed E-state index contributed by atoms with van der Waals surface area (Å²) in [4.78, 5) is 6.82. The Kier molecular flexibility index (Phi) is 3.61. The minimum Gasteiger partial charge on any atom is -0.505 e. The van der Waals surface area contributed by atoms with Crippen molar-refractivity contribution in [2.75, 3.05) is 13.1 Å². The normalized spacial score (nSPS) is 20.0. The summed E-state index contributed by atoms with van der Waals surface area (Å²) in [6, 6.07) is 0. The van der Waals surface area contributed by atoms with Crippen molar-refractivity contribution >= 4 is 5.65 Å². The Morgan fingerprint density at radius 1 is 1.45 bits per heavy atom. The second-order valence-corrected chi connectivity index (χ2v) is 5.82. The number of nitrogens with zero attached hydrogens (tertiary/aromatic N) is 4. The van der Waals surface area contributed by atoms with Crippen molar-refractivity contribution < 1.29 is 5.11 Å². The van der Waals surface area contributed by atoms with Crippen LogP contribution in [-0.2, 0) is 6.54 Å². The molecule has 0 spiro atoms. The molecule has 2 aromatic heterocycles. The number of rotatable bonds is 4. The maximum atomic E-state index is 9.47. The van der Waals surface area contributed by atoms with Crippen LogP contribution < -0.4 is 0 Å². The minimum absolute atomic E-state index is 0.149. The Bertz CT molecular complexity index is 607. The van der Waals surface area contributed by atoms with Crippen LogP contribution in [0.1, 0.15) is 37.4 Å². The van der Waals surface area contributed by atoms with E-state index in [0.717, 1.165) is 23.8 Å². The summed E-state index contributed by atoms with van der Waals surface area (Å²) < 4.78 is 1.68. The number of fused-ring (bicyclic) bond motifs is 1. The molecule has 1 fully saturated rings. The van der Waals surface area contributed by atoms with Crippen LogP contribution in [0, 0.1) is 12.8 Å². The molecule has 1 unspecified atom stereocenters. The van der Waals surface area contributed by atoms with Crippen LogP contribution in [0.3, 0.4) is 0 Å². The first kappa shape index (κ1) is 13.4. The zero-order valence-electron chi connectivity index (χ0n) is 12.2. The second-order valence-electron chi connectivity index (χ2n) is 5.82. The Morgan fingerprint density at radius 2 is 2.30 bits per heavy atom. The highest BCUT2D eigenvalue weighted by molar-refractivity contribution is 5.50. The van der Waals surface area contributed by atoms with E-state index in [1.165, 1.54) is 44.1 Å². The molecule has 108 valence electrons. The van der Waals surface area contributed by atoms with Gasteiger partial charge in [0.1, 0.15) is 0 Å². The van der Waals surface area contributed by atoms with Crippen LogP contribution >= 0.6 is 0 Å². The summed E-state index contributed by atoms with van der Waals surface area (Å²) in [6.07, 6.45) is 7.01. The number of aryl methyl sites for hydroxylation is 1. The van der Waals surface area contributed by atoms with Gasteiger partial charge in [-0.25, -0.2) is 9.50 Å². The van der Waals surface area contributed by atoms with E-state index < -0.39 is 0 Å². The molecule has 5 heteroatoms. The van der Waals surface area contributed by atoms with E-state index in [-0.39, 0.29) is 5.75 Å². The van der Waals surface area contributed by atoms with Crippen LogP contribution in [0.2, 0.25) is 0 Å². The van der Waals surface area contributed by atoms with Crippen molar-refractivity contribution in [1.29, 1.82) is 0 Å². The van der Waals surface area contributed by atoms with Gasteiger partial charge in [0.05, 0.1) is 18.1 Å². The molecular formula is C15H22N4O. The number of aromatic hydroxyl groups is 1. The molecule has 20 heavy (non-hydrogen) atoms. The third-order valence-electron chi connectivity index (χ3n) is 4.20. The Morgan fingerprint density at radius 3 is 3.10 bits per heavy atom. The average Bonchev–Trinajstić information content (AvgIpc) is 2.96. The van der Waals surface area contributed by atoms with Gasteiger partial charge < -0.3 is 5.11 Å². The monoisotopic (exact) mass is 274 g/mol. The molecule has 3 rings (SSSR count). The zero-order valence-corrected chi connectivity index (χ0v) is 12.2. The summed E-state index contributed by atoms with van der Waals surface area (Å²) in [7, 11) is 0. The van der Waals surface area contributed by atoms with Gasteiger partial charge in [-0.05, 0) is 32.2 Å². The summed E-state index contributed by atoms with van der Waals surface area (Å²) in [5, 5.41) is 13.9. The maximum absolute atomic E-state index is 9.47. The number of likely N-dealkylation sites (tertiary alicyclic amines) is 1. The molecule has 5 nitrogen and oxygen atoms in total. The lowest BCUT2D eigenvalue weighted by Crippen LogP contribution is -2.20. The van der Waals surface area contributed by atoms with E-state index in [9.17, 15) is 5.11 Å². The van der Waals surface area contributed by atoms with Gasteiger partial charge >= 0.3 is 0 Å². The van der Waals surface area contributed by atoms with E-state index in [2.05, 4.69) is 21.9 Å². The van der Waals surface area contributed by atoms with Crippen molar-refractivity contribution in [2.45, 2.75) is 39.7 Å². The topological polar surface area (TPSA) is 53.7 Å². The predicted molar refractivity (Wildman–Crippen MR) is 77.7 cm³/mol. The minimum atomic E-state index is 0.149. The fourth-order valence-electron chi connectivity index (χ4n) is 3.19. The highest BCUT2D eigenvalue weighted by atomic mass is 16.3. The maximum Gasteiger partial charge on any atom is 0.159 e. The van der Waals surface area contributed by atoms with Crippen LogP contribution in [0.15, 0.2) is 12.4 Å². The third kappa shape index (κ3) is 2.50. The standard InChI is InChI=1S/C15H22N4O/c1-3-4-12-5-6-18(8-12)10-14-11(2)17-19-9-13(20)7-16-15(14)19/h7,9,12,20H,3-6,8,10H2,1-2H3. The van der Waals surface area contributed by atoms with Crippen LogP contribution in [0.25, 0.3) is 5.65 Å². The van der Waals surface area contributed by atoms with E-state index in [1.807, 2.05) is 6.92 Å². The molecule has 1 aliphatic rings. The molecule has 1 N–H and O–H groups in total. The first-order chi connectivity index (χ1) is 9.67. The molecule has 0 radical (unpaired) electrons. The lowest BCUT2D eigenvalue weighted by molar-refractivity contribution is 0.313. The van der Waals surface area contributed by atoms with Gasteiger partial charge in [0, 0.05) is 18.7 Å². The first-order valence-electron chi connectivity index (χ1n) is 7.42. The molecule has 0 amide bonds. The molecule has 0 bridgehead atoms. The smallest absolute Gasteiger partial charge is 0.159 e. The number of hydrogen-bond donors (Lipinski definition) is 1. The molecule has 0 aliphatic carbocycles. The summed E-state index contributed by atoms with van der Waals surface area (Å²) >= 11 is 0. The molecule has 1 aliphatic heterocycles. The van der Waals surface area contributed by atoms with Gasteiger partial charge in [-0.3, -0.25) is 4.90 Å². The summed E-state index contributed by atoms with van der Waals surface area (Å²) in [5.74, 6) is 0.995. The zero-order chi connectivity index (χ0) is 14.1. The first-order valence-corrected chi connectivity index (χ1v) is 7.42. The molecule has 0 aromatic carbocycles. The van der Waals surface area contributed by atoms with Crippen molar-refractivity contribution in [1.82, 2.24) is 19.5 Å². The fraction of sp³-hybridized carbons (Fsp3) is 0.600. The van der Waals surface area contributed by atoms with Crippen LogP contribution in [0.4, 0.5) is 0 Å². The van der Waals surface area contributed by atoms with Gasteiger partial charge in [0.2, 0.25) is 0 Å². The summed E-state index contributed by atoms with van der Waals surface area (Å²) in [6.45, 7) is 7.53. The fourth-order valence-corrected chi connectivity index (χ4v) is 3.19. The van der Waals surface area contributed by atoms with E-state index in [1.54, 1.807) is 10.7 Å². The van der Waals surface area contributed by atoms with Gasteiger partial charge in [-0.1, -0.05) is 13.3 Å². The summed E-state index contributed by atoms with van der Waals surface area (Å²) in [5.41, 5.74) is 3.04. The van der Waals surface area contributed by atoms with Gasteiger partial charge in [0.15, 0.2) is 11.4 Å². The van der Waals surface area contributed by atoms with Crippen LogP contribution in [0.5, 0.6) is 5.75 Å². The number of hydrogen-bond acceptors (Lipinski definition) is 4. The van der Waals surface area contributed by atoms with Crippen molar-refractivity contribution in [3.63, 3.8) is 0 Å². The van der Waals surface area contributed by atoms with Gasteiger partial charge in [-0.2, -0.15) is 5.10 Å². The molecule has 2 aromatic rings.